The molecule has 1 fully saturated rings. The summed E-state index contributed by atoms with van der Waals surface area (Å²) in [6.07, 6.45) is 0.447. The van der Waals surface area contributed by atoms with Gasteiger partial charge in [-0.15, -0.1) is 0 Å². The molecular formula is C15H22IN2O2+. The third kappa shape index (κ3) is 4.43. The maximum Gasteiger partial charge on any atom is 0.279 e. The Kier molecular flexibility index (Phi) is 5.40. The van der Waals surface area contributed by atoms with Crippen molar-refractivity contribution in [2.75, 3.05) is 25.0 Å². The Bertz CT molecular complexity index is 483. The lowest BCUT2D eigenvalue weighted by molar-refractivity contribution is -0.907. The van der Waals surface area contributed by atoms with Crippen molar-refractivity contribution in [3.63, 3.8) is 0 Å². The maximum atomic E-state index is 12.2. The van der Waals surface area contributed by atoms with Gasteiger partial charge in [-0.3, -0.25) is 4.79 Å². The van der Waals surface area contributed by atoms with Crippen molar-refractivity contribution < 1.29 is 14.4 Å². The SMILES string of the molecule is Cc1cc(I)ccc1NC(=O)C[NH+]1C[C@@H](C)O[C@@H](C)C1. The molecule has 2 N–H and O–H groups in total. The first-order chi connectivity index (χ1) is 9.44. The Morgan fingerprint density at radius 2 is 2.05 bits per heavy atom. The Hall–Kier alpha value is -0.660. The molecule has 1 unspecified atom stereocenters. The van der Waals surface area contributed by atoms with E-state index in [2.05, 4.69) is 47.8 Å². The van der Waals surface area contributed by atoms with Gasteiger partial charge in [0, 0.05) is 9.26 Å². The summed E-state index contributed by atoms with van der Waals surface area (Å²) in [5.74, 6) is 0.0746. The highest BCUT2D eigenvalue weighted by Gasteiger charge is 2.27. The fourth-order valence-corrected chi connectivity index (χ4v) is 3.37. The number of carbonyl (C=O) groups is 1. The second-order valence-electron chi connectivity index (χ2n) is 5.60. The largest absolute Gasteiger partial charge is 0.364 e. The lowest BCUT2D eigenvalue weighted by Crippen LogP contribution is -3.16. The summed E-state index contributed by atoms with van der Waals surface area (Å²) in [5, 5.41) is 3.01. The molecule has 1 saturated heterocycles. The Morgan fingerprint density at radius 3 is 2.65 bits per heavy atom. The van der Waals surface area contributed by atoms with Crippen LogP contribution in [-0.2, 0) is 9.53 Å². The lowest BCUT2D eigenvalue weighted by Gasteiger charge is -2.31. The van der Waals surface area contributed by atoms with Gasteiger partial charge in [0.1, 0.15) is 25.3 Å². The van der Waals surface area contributed by atoms with Gasteiger partial charge in [0.05, 0.1) is 0 Å². The van der Waals surface area contributed by atoms with Crippen molar-refractivity contribution in [2.45, 2.75) is 33.0 Å². The minimum absolute atomic E-state index is 0.0746. The number of halogens is 1. The van der Waals surface area contributed by atoms with Crippen molar-refractivity contribution in [2.24, 2.45) is 0 Å². The van der Waals surface area contributed by atoms with E-state index in [0.717, 1.165) is 24.3 Å². The molecule has 20 heavy (non-hydrogen) atoms. The fraction of sp³-hybridized carbons (Fsp3) is 0.533. The molecule has 0 saturated carbocycles. The summed E-state index contributed by atoms with van der Waals surface area (Å²) in [6.45, 7) is 8.44. The average Bonchev–Trinajstić information content (AvgIpc) is 2.31. The van der Waals surface area contributed by atoms with Crippen LogP contribution in [0, 0.1) is 10.5 Å². The number of anilines is 1. The van der Waals surface area contributed by atoms with E-state index >= 15 is 0 Å². The molecule has 1 aromatic rings. The van der Waals surface area contributed by atoms with Gasteiger partial charge in [0.2, 0.25) is 0 Å². The van der Waals surface area contributed by atoms with Gasteiger partial charge in [-0.1, -0.05) is 0 Å². The van der Waals surface area contributed by atoms with Crippen LogP contribution < -0.4 is 10.2 Å². The predicted molar refractivity (Wildman–Crippen MR) is 88.1 cm³/mol. The van der Waals surface area contributed by atoms with Crippen LogP contribution in [0.25, 0.3) is 0 Å². The summed E-state index contributed by atoms with van der Waals surface area (Å²) in [4.78, 5) is 13.4. The van der Waals surface area contributed by atoms with E-state index in [4.69, 9.17) is 4.74 Å². The minimum Gasteiger partial charge on any atom is -0.364 e. The Labute approximate surface area is 134 Å². The zero-order chi connectivity index (χ0) is 14.7. The van der Waals surface area contributed by atoms with Crippen LogP contribution in [0.15, 0.2) is 18.2 Å². The summed E-state index contributed by atoms with van der Waals surface area (Å²) < 4.78 is 6.88. The summed E-state index contributed by atoms with van der Waals surface area (Å²) in [5.41, 5.74) is 2.01. The molecule has 2 rings (SSSR count). The normalized spacial score (nSPS) is 26.3. The quantitative estimate of drug-likeness (QED) is 0.764. The topological polar surface area (TPSA) is 42.8 Å². The van der Waals surface area contributed by atoms with Crippen molar-refractivity contribution in [1.82, 2.24) is 0 Å². The first-order valence-electron chi connectivity index (χ1n) is 6.99. The first kappa shape index (κ1) is 15.7. The van der Waals surface area contributed by atoms with Crippen LogP contribution in [0.4, 0.5) is 5.69 Å². The standard InChI is InChI=1S/C15H21IN2O2/c1-10-6-13(16)4-5-14(10)17-15(19)9-18-7-11(2)20-12(3)8-18/h4-6,11-12H,7-9H2,1-3H3,(H,17,19)/p+1/t11-,12+. The molecule has 1 aromatic carbocycles. The first-order valence-corrected chi connectivity index (χ1v) is 8.07. The average molecular weight is 389 g/mol. The van der Waals surface area contributed by atoms with Crippen LogP contribution in [0.5, 0.6) is 0 Å². The number of carbonyl (C=O) groups excluding carboxylic acids is 1. The van der Waals surface area contributed by atoms with E-state index in [0.29, 0.717) is 6.54 Å². The number of benzene rings is 1. The number of hydrogen-bond acceptors (Lipinski definition) is 2. The molecule has 1 heterocycles. The third-order valence-corrected chi connectivity index (χ3v) is 4.16. The fourth-order valence-electron chi connectivity index (χ4n) is 2.72. The molecule has 0 aliphatic carbocycles. The van der Waals surface area contributed by atoms with Gasteiger partial charge in [-0.25, -0.2) is 0 Å². The summed E-state index contributed by atoms with van der Waals surface area (Å²) in [6, 6.07) is 6.05. The highest BCUT2D eigenvalue weighted by molar-refractivity contribution is 14.1. The summed E-state index contributed by atoms with van der Waals surface area (Å²) >= 11 is 2.27. The molecule has 0 bridgehead atoms. The molecule has 110 valence electrons. The van der Waals surface area contributed by atoms with Gasteiger partial charge >= 0.3 is 0 Å². The molecule has 1 aliphatic heterocycles. The molecule has 0 spiro atoms. The highest BCUT2D eigenvalue weighted by Crippen LogP contribution is 2.17. The van der Waals surface area contributed by atoms with Crippen LogP contribution in [0.3, 0.4) is 0 Å². The van der Waals surface area contributed by atoms with Gasteiger partial charge in [0.15, 0.2) is 6.54 Å². The van der Waals surface area contributed by atoms with E-state index < -0.39 is 0 Å². The molecule has 1 aliphatic rings. The van der Waals surface area contributed by atoms with E-state index in [-0.39, 0.29) is 18.1 Å². The molecule has 5 heteroatoms. The monoisotopic (exact) mass is 389 g/mol. The molecule has 0 aromatic heterocycles. The van der Waals surface area contributed by atoms with Crippen LogP contribution >= 0.6 is 22.6 Å². The summed E-state index contributed by atoms with van der Waals surface area (Å²) in [7, 11) is 0. The number of hydrogen-bond donors (Lipinski definition) is 2. The van der Waals surface area contributed by atoms with Crippen LogP contribution in [0.2, 0.25) is 0 Å². The van der Waals surface area contributed by atoms with E-state index in [1.165, 1.54) is 8.47 Å². The Balaban J connectivity index is 1.92. The van der Waals surface area contributed by atoms with Crippen molar-refractivity contribution in [1.29, 1.82) is 0 Å². The minimum atomic E-state index is 0.0746. The van der Waals surface area contributed by atoms with Crippen molar-refractivity contribution in [3.8, 4) is 0 Å². The van der Waals surface area contributed by atoms with E-state index in [9.17, 15) is 4.79 Å². The number of quaternary nitrogens is 1. The van der Waals surface area contributed by atoms with Crippen molar-refractivity contribution >= 4 is 34.2 Å². The van der Waals surface area contributed by atoms with Crippen LogP contribution in [-0.4, -0.2) is 37.7 Å². The lowest BCUT2D eigenvalue weighted by atomic mass is 10.2. The Morgan fingerprint density at radius 1 is 1.40 bits per heavy atom. The van der Waals surface area contributed by atoms with Crippen molar-refractivity contribution in [3.05, 3.63) is 27.3 Å². The van der Waals surface area contributed by atoms with Gasteiger partial charge < -0.3 is 15.0 Å². The van der Waals surface area contributed by atoms with E-state index in [1.807, 2.05) is 19.1 Å². The molecule has 4 nitrogen and oxygen atoms in total. The maximum absolute atomic E-state index is 12.2. The number of aryl methyl sites for hydroxylation is 1. The van der Waals surface area contributed by atoms with Gasteiger partial charge in [0.25, 0.3) is 5.91 Å². The number of amides is 1. The highest BCUT2D eigenvalue weighted by atomic mass is 127. The number of morpholine rings is 1. The number of ether oxygens (including phenoxy) is 1. The van der Waals surface area contributed by atoms with E-state index in [1.54, 1.807) is 0 Å². The van der Waals surface area contributed by atoms with Gasteiger partial charge in [-0.2, -0.15) is 0 Å². The third-order valence-electron chi connectivity index (χ3n) is 3.49. The number of nitrogens with one attached hydrogen (secondary N) is 2. The molecular weight excluding hydrogens is 367 g/mol. The van der Waals surface area contributed by atoms with Crippen LogP contribution in [0.1, 0.15) is 19.4 Å². The molecule has 1 amide bonds. The second kappa shape index (κ2) is 6.87. The second-order valence-corrected chi connectivity index (χ2v) is 6.85. The molecule has 0 radical (unpaired) electrons. The smallest absolute Gasteiger partial charge is 0.279 e. The number of rotatable bonds is 3. The zero-order valence-corrected chi connectivity index (χ0v) is 14.4. The van der Waals surface area contributed by atoms with Gasteiger partial charge in [-0.05, 0) is 67.1 Å². The predicted octanol–water partition coefficient (Wildman–Crippen LogP) is 1.23. The molecule has 3 atom stereocenters. The zero-order valence-electron chi connectivity index (χ0n) is 12.2.